The van der Waals surface area contributed by atoms with Crippen molar-refractivity contribution in [3.63, 3.8) is 0 Å². The third kappa shape index (κ3) is 3.58. The number of anilines is 1. The molecule has 0 saturated heterocycles. The third-order valence-corrected chi connectivity index (χ3v) is 2.06. The van der Waals surface area contributed by atoms with E-state index in [2.05, 4.69) is 5.32 Å². The van der Waals surface area contributed by atoms with Crippen LogP contribution in [-0.2, 0) is 0 Å². The van der Waals surface area contributed by atoms with Crippen LogP contribution in [0.2, 0.25) is 0 Å². The van der Waals surface area contributed by atoms with E-state index in [9.17, 15) is 0 Å². The highest BCUT2D eigenvalue weighted by molar-refractivity contribution is 5.49. The van der Waals surface area contributed by atoms with Crippen LogP contribution >= 0.6 is 0 Å². The largest absolute Gasteiger partial charge is 0.396 e. The summed E-state index contributed by atoms with van der Waals surface area (Å²) in [6, 6.07) is 8.88. The zero-order valence-electron chi connectivity index (χ0n) is 8.35. The van der Waals surface area contributed by atoms with Crippen LogP contribution in [0.1, 0.15) is 12.0 Å². The molecule has 1 aromatic carbocycles. The van der Waals surface area contributed by atoms with E-state index in [-0.39, 0.29) is 19.3 Å². The first kappa shape index (κ1) is 11.5. The highest BCUT2D eigenvalue weighted by Crippen LogP contribution is 2.11. The van der Waals surface area contributed by atoms with Gasteiger partial charge in [0.1, 0.15) is 0 Å². The molecule has 0 spiro atoms. The van der Waals surface area contributed by atoms with Crippen molar-refractivity contribution in [2.24, 2.45) is 0 Å². The summed E-state index contributed by atoms with van der Waals surface area (Å²) in [5.74, 6) is 0. The molecule has 1 atom stereocenters. The van der Waals surface area contributed by atoms with E-state index in [1.54, 1.807) is 18.2 Å². The lowest BCUT2D eigenvalue weighted by Gasteiger charge is -2.16. The van der Waals surface area contributed by atoms with Gasteiger partial charge >= 0.3 is 0 Å². The Morgan fingerprint density at radius 2 is 2.20 bits per heavy atom. The van der Waals surface area contributed by atoms with Crippen molar-refractivity contribution in [1.29, 1.82) is 5.26 Å². The summed E-state index contributed by atoms with van der Waals surface area (Å²) in [6.07, 6.45) is 0.479. The van der Waals surface area contributed by atoms with Crippen LogP contribution in [0, 0.1) is 11.3 Å². The molecule has 0 bridgehead atoms. The maximum absolute atomic E-state index is 9.01. The van der Waals surface area contributed by atoms with Crippen LogP contribution in [0.5, 0.6) is 0 Å². The van der Waals surface area contributed by atoms with Crippen LogP contribution in [0.15, 0.2) is 24.3 Å². The van der Waals surface area contributed by atoms with Crippen molar-refractivity contribution in [3.8, 4) is 6.07 Å². The summed E-state index contributed by atoms with van der Waals surface area (Å²) in [4.78, 5) is 0. The summed E-state index contributed by atoms with van der Waals surface area (Å²) in [5.41, 5.74) is 1.35. The molecule has 0 amide bonds. The second-order valence-electron chi connectivity index (χ2n) is 3.23. The van der Waals surface area contributed by atoms with Gasteiger partial charge in [0.2, 0.25) is 0 Å². The number of benzene rings is 1. The fourth-order valence-electron chi connectivity index (χ4n) is 1.28. The average molecular weight is 206 g/mol. The lowest BCUT2D eigenvalue weighted by molar-refractivity contribution is 0.229. The fourth-order valence-corrected chi connectivity index (χ4v) is 1.28. The van der Waals surface area contributed by atoms with Gasteiger partial charge in [0.05, 0.1) is 24.3 Å². The topological polar surface area (TPSA) is 76.3 Å². The normalized spacial score (nSPS) is 11.8. The highest BCUT2D eigenvalue weighted by atomic mass is 16.3. The van der Waals surface area contributed by atoms with Gasteiger partial charge in [0, 0.05) is 12.3 Å². The smallest absolute Gasteiger partial charge is 0.0992 e. The first-order valence-electron chi connectivity index (χ1n) is 4.78. The van der Waals surface area contributed by atoms with Crippen LogP contribution in [-0.4, -0.2) is 29.5 Å². The fraction of sp³-hybridized carbons (Fsp3) is 0.364. The van der Waals surface area contributed by atoms with Crippen molar-refractivity contribution in [2.45, 2.75) is 12.5 Å². The number of nitrogens with one attached hydrogen (secondary N) is 1. The second-order valence-corrected chi connectivity index (χ2v) is 3.23. The van der Waals surface area contributed by atoms with Gasteiger partial charge in [-0.3, -0.25) is 0 Å². The molecule has 1 aromatic rings. The molecule has 1 unspecified atom stereocenters. The molecular weight excluding hydrogens is 192 g/mol. The number of rotatable bonds is 5. The van der Waals surface area contributed by atoms with E-state index in [1.165, 1.54) is 0 Å². The lowest BCUT2D eigenvalue weighted by atomic mass is 10.2. The van der Waals surface area contributed by atoms with Crippen molar-refractivity contribution >= 4 is 5.69 Å². The molecule has 15 heavy (non-hydrogen) atoms. The number of aliphatic hydroxyl groups is 2. The number of hydrogen-bond acceptors (Lipinski definition) is 4. The molecule has 0 radical (unpaired) electrons. The number of aliphatic hydroxyl groups excluding tert-OH is 2. The SMILES string of the molecule is N#Cc1cccc(NC(CO)CCO)c1. The number of nitrogens with zero attached hydrogens (tertiary/aromatic N) is 1. The van der Waals surface area contributed by atoms with Crippen LogP contribution in [0.3, 0.4) is 0 Å². The molecule has 0 heterocycles. The minimum atomic E-state index is -0.177. The molecule has 80 valence electrons. The van der Waals surface area contributed by atoms with Crippen LogP contribution in [0.25, 0.3) is 0 Å². The molecular formula is C11H14N2O2. The Hall–Kier alpha value is -1.57. The molecule has 0 aliphatic carbocycles. The van der Waals surface area contributed by atoms with E-state index in [0.29, 0.717) is 12.0 Å². The number of hydrogen-bond donors (Lipinski definition) is 3. The zero-order valence-corrected chi connectivity index (χ0v) is 8.35. The predicted molar refractivity (Wildman–Crippen MR) is 57.4 cm³/mol. The Labute approximate surface area is 88.8 Å². The second kappa shape index (κ2) is 6.02. The van der Waals surface area contributed by atoms with Crippen molar-refractivity contribution in [1.82, 2.24) is 0 Å². The van der Waals surface area contributed by atoms with E-state index in [4.69, 9.17) is 15.5 Å². The maximum Gasteiger partial charge on any atom is 0.0992 e. The minimum Gasteiger partial charge on any atom is -0.396 e. The van der Waals surface area contributed by atoms with E-state index in [1.807, 2.05) is 12.1 Å². The highest BCUT2D eigenvalue weighted by Gasteiger charge is 2.06. The minimum absolute atomic E-state index is 0.0240. The van der Waals surface area contributed by atoms with E-state index >= 15 is 0 Å². The van der Waals surface area contributed by atoms with Crippen molar-refractivity contribution in [3.05, 3.63) is 29.8 Å². The standard InChI is InChI=1S/C11H14N2O2/c12-7-9-2-1-3-10(6-9)13-11(8-15)4-5-14/h1-3,6,11,13-15H,4-5,8H2. The van der Waals surface area contributed by atoms with Gasteiger partial charge in [-0.2, -0.15) is 5.26 Å². The van der Waals surface area contributed by atoms with Gasteiger partial charge < -0.3 is 15.5 Å². The Morgan fingerprint density at radius 1 is 1.40 bits per heavy atom. The third-order valence-electron chi connectivity index (χ3n) is 2.06. The Morgan fingerprint density at radius 3 is 2.80 bits per heavy atom. The molecule has 0 aliphatic rings. The molecule has 1 rings (SSSR count). The monoisotopic (exact) mass is 206 g/mol. The Bertz CT molecular complexity index is 347. The molecule has 4 heteroatoms. The summed E-state index contributed by atoms with van der Waals surface area (Å²) in [5, 5.41) is 29.5. The van der Waals surface area contributed by atoms with Gasteiger partial charge in [-0.15, -0.1) is 0 Å². The average Bonchev–Trinajstić information content (AvgIpc) is 2.29. The Balaban J connectivity index is 2.66. The van der Waals surface area contributed by atoms with Crippen molar-refractivity contribution < 1.29 is 10.2 Å². The van der Waals surface area contributed by atoms with E-state index < -0.39 is 0 Å². The van der Waals surface area contributed by atoms with Crippen LogP contribution < -0.4 is 5.32 Å². The van der Waals surface area contributed by atoms with E-state index in [0.717, 1.165) is 5.69 Å². The summed E-state index contributed by atoms with van der Waals surface area (Å²) >= 11 is 0. The first-order chi connectivity index (χ1) is 7.30. The van der Waals surface area contributed by atoms with Crippen LogP contribution in [0.4, 0.5) is 5.69 Å². The summed E-state index contributed by atoms with van der Waals surface area (Å²) < 4.78 is 0. The summed E-state index contributed by atoms with van der Waals surface area (Å²) in [6.45, 7) is -0.0203. The number of nitriles is 1. The van der Waals surface area contributed by atoms with Gasteiger partial charge in [-0.25, -0.2) is 0 Å². The maximum atomic E-state index is 9.01. The molecule has 4 nitrogen and oxygen atoms in total. The molecule has 0 aromatic heterocycles. The van der Waals surface area contributed by atoms with Gasteiger partial charge in [0.25, 0.3) is 0 Å². The molecule has 0 fully saturated rings. The van der Waals surface area contributed by atoms with Gasteiger partial charge in [-0.05, 0) is 24.6 Å². The predicted octanol–water partition coefficient (Wildman–Crippen LogP) is 0.713. The quantitative estimate of drug-likeness (QED) is 0.663. The molecule has 3 N–H and O–H groups in total. The summed E-state index contributed by atoms with van der Waals surface area (Å²) in [7, 11) is 0. The Kier molecular flexibility index (Phi) is 4.61. The molecule has 0 aliphatic heterocycles. The van der Waals surface area contributed by atoms with Gasteiger partial charge in [0.15, 0.2) is 0 Å². The molecule has 0 saturated carbocycles. The van der Waals surface area contributed by atoms with Gasteiger partial charge in [-0.1, -0.05) is 6.07 Å². The zero-order chi connectivity index (χ0) is 11.1. The lowest BCUT2D eigenvalue weighted by Crippen LogP contribution is -2.24. The van der Waals surface area contributed by atoms with Crippen molar-refractivity contribution in [2.75, 3.05) is 18.5 Å². The first-order valence-corrected chi connectivity index (χ1v) is 4.78.